The Morgan fingerprint density at radius 3 is 2.13 bits per heavy atom. The maximum Gasteiger partial charge on any atom is 0.321 e. The average molecular weight is 756 g/mol. The molecule has 4 saturated heterocycles. The number of hydrogen-bond acceptors (Lipinski definition) is 7. The first-order chi connectivity index (χ1) is 26.6. The van der Waals surface area contributed by atoms with Crippen molar-refractivity contribution >= 4 is 47.1 Å². The first-order valence-electron chi connectivity index (χ1n) is 19.8. The van der Waals surface area contributed by atoms with E-state index in [0.29, 0.717) is 56.7 Å². The smallest absolute Gasteiger partial charge is 0.321 e. The molecule has 55 heavy (non-hydrogen) atoms. The highest BCUT2D eigenvalue weighted by Gasteiger charge is 2.48. The topological polar surface area (TPSA) is 176 Å². The zero-order valence-corrected chi connectivity index (χ0v) is 31.7. The number of urea groups is 2. The molecular weight excluding hydrogens is 702 g/mol. The number of carbonyl (C=O) groups is 6. The van der Waals surface area contributed by atoms with E-state index in [1.54, 1.807) is 48.0 Å². The third-order valence-electron chi connectivity index (χ3n) is 12.0. The number of benzene rings is 2. The highest BCUT2D eigenvalue weighted by Crippen LogP contribution is 2.41. The Bertz CT molecular complexity index is 1760. The molecule has 4 heterocycles. The van der Waals surface area contributed by atoms with Gasteiger partial charge in [0.2, 0.25) is 23.6 Å². The molecule has 15 nitrogen and oxygen atoms in total. The molecule has 7 atom stereocenters. The number of nitrogens with zero attached hydrogens (tertiary/aromatic N) is 4. The van der Waals surface area contributed by atoms with Crippen LogP contribution in [-0.2, 0) is 19.2 Å². The van der Waals surface area contributed by atoms with Gasteiger partial charge in [0.1, 0.15) is 12.1 Å². The minimum atomic E-state index is -1.06. The van der Waals surface area contributed by atoms with Gasteiger partial charge < -0.3 is 46.2 Å². The van der Waals surface area contributed by atoms with E-state index < -0.39 is 24.2 Å². The van der Waals surface area contributed by atoms with Gasteiger partial charge in [0, 0.05) is 68.0 Å². The summed E-state index contributed by atoms with van der Waals surface area (Å²) in [6.45, 7) is 3.66. The van der Waals surface area contributed by atoms with Gasteiger partial charge in [-0.05, 0) is 88.7 Å². The fourth-order valence-corrected chi connectivity index (χ4v) is 8.55. The Balaban J connectivity index is 0.973. The fourth-order valence-electron chi connectivity index (χ4n) is 8.55. The Hall–Kier alpha value is -5.18. The van der Waals surface area contributed by atoms with E-state index in [9.17, 15) is 28.8 Å². The standard InChI is InChI=1S/C40H53N9O6/c1-25(41-2)36(51)45-33-24-47(21-17-30-14-15-34(49(30)38(33)53)37(52)44-32-23-31(32)26-7-4-3-5-8-26)40(55)43-28-12-10-27(11-13-28)42-39(54)46-20-16-29-9-6-19-48(29)35(50)18-22-46/h3-5,7-8,10-13,25,29-34,41H,6,9,14-24H2,1-2H3,(H,42,54)(H,43,55)(H,44,52)(H,45,51)/t25-,29?,30+,31-,32-,33-,34-/m0/s1. The molecule has 5 fully saturated rings. The normalized spacial score (nSPS) is 27.1. The zero-order chi connectivity index (χ0) is 38.6. The van der Waals surface area contributed by atoms with Gasteiger partial charge in [-0.25, -0.2) is 9.59 Å². The van der Waals surface area contributed by atoms with Gasteiger partial charge in [-0.1, -0.05) is 30.3 Å². The molecule has 0 bridgehead atoms. The second-order valence-electron chi connectivity index (χ2n) is 15.5. The summed E-state index contributed by atoms with van der Waals surface area (Å²) in [6, 6.07) is 13.8. The van der Waals surface area contributed by atoms with Gasteiger partial charge in [-0.15, -0.1) is 0 Å². The van der Waals surface area contributed by atoms with Crippen molar-refractivity contribution in [2.75, 3.05) is 50.4 Å². The van der Waals surface area contributed by atoms with Gasteiger partial charge in [-0.3, -0.25) is 19.2 Å². The Morgan fingerprint density at radius 2 is 1.42 bits per heavy atom. The lowest BCUT2D eigenvalue weighted by Crippen LogP contribution is -2.62. The molecular formula is C40H53N9O6. The summed E-state index contributed by atoms with van der Waals surface area (Å²) < 4.78 is 0. The summed E-state index contributed by atoms with van der Waals surface area (Å²) in [5, 5.41) is 14.7. The van der Waals surface area contributed by atoms with Crippen molar-refractivity contribution in [2.24, 2.45) is 0 Å². The van der Waals surface area contributed by atoms with Crippen LogP contribution in [0.25, 0.3) is 0 Å². The second kappa shape index (κ2) is 16.7. The van der Waals surface area contributed by atoms with Crippen LogP contribution in [0.15, 0.2) is 54.6 Å². The van der Waals surface area contributed by atoms with Crippen molar-refractivity contribution in [2.45, 2.75) is 100 Å². The average Bonchev–Trinajstić information content (AvgIpc) is 3.56. The molecule has 0 aromatic heterocycles. The molecule has 1 unspecified atom stereocenters. The predicted molar refractivity (Wildman–Crippen MR) is 206 cm³/mol. The van der Waals surface area contributed by atoms with Crippen LogP contribution >= 0.6 is 0 Å². The second-order valence-corrected chi connectivity index (χ2v) is 15.5. The number of carbonyl (C=O) groups excluding carboxylic acids is 6. The molecule has 2 aromatic carbocycles. The highest BCUT2D eigenvalue weighted by molar-refractivity contribution is 5.96. The number of nitrogens with one attached hydrogen (secondary N) is 5. The third kappa shape index (κ3) is 8.71. The van der Waals surface area contributed by atoms with E-state index in [0.717, 1.165) is 32.2 Å². The molecule has 7 rings (SSSR count). The number of fused-ring (bicyclic) bond motifs is 2. The van der Waals surface area contributed by atoms with Crippen LogP contribution < -0.4 is 26.6 Å². The highest BCUT2D eigenvalue weighted by atomic mass is 16.2. The van der Waals surface area contributed by atoms with Crippen LogP contribution in [0.5, 0.6) is 0 Å². The van der Waals surface area contributed by atoms with E-state index in [1.807, 2.05) is 23.1 Å². The van der Waals surface area contributed by atoms with Crippen molar-refractivity contribution in [1.82, 2.24) is 35.6 Å². The summed E-state index contributed by atoms with van der Waals surface area (Å²) in [7, 11) is 1.65. The van der Waals surface area contributed by atoms with Crippen LogP contribution in [-0.4, -0.2) is 131 Å². The Morgan fingerprint density at radius 1 is 0.745 bits per heavy atom. The van der Waals surface area contributed by atoms with Gasteiger partial charge in [0.15, 0.2) is 0 Å². The summed E-state index contributed by atoms with van der Waals surface area (Å²) >= 11 is 0. The molecule has 8 amide bonds. The van der Waals surface area contributed by atoms with E-state index in [1.165, 1.54) is 10.5 Å². The largest absolute Gasteiger partial charge is 0.351 e. The van der Waals surface area contributed by atoms with Crippen LogP contribution in [0.4, 0.5) is 21.0 Å². The molecule has 0 spiro atoms. The van der Waals surface area contributed by atoms with Crippen molar-refractivity contribution < 1.29 is 28.8 Å². The van der Waals surface area contributed by atoms with Gasteiger partial charge in [0.05, 0.1) is 12.6 Å². The first-order valence-corrected chi connectivity index (χ1v) is 19.8. The number of hydrogen-bond donors (Lipinski definition) is 5. The Kier molecular flexibility index (Phi) is 11.6. The zero-order valence-electron chi connectivity index (χ0n) is 31.7. The molecule has 294 valence electrons. The lowest BCUT2D eigenvalue weighted by Gasteiger charge is -2.39. The minimum absolute atomic E-state index is 0.0179. The van der Waals surface area contributed by atoms with Crippen molar-refractivity contribution in [1.29, 1.82) is 0 Å². The third-order valence-corrected chi connectivity index (χ3v) is 12.0. The maximum absolute atomic E-state index is 14.3. The lowest BCUT2D eigenvalue weighted by atomic mass is 10.1. The van der Waals surface area contributed by atoms with Crippen LogP contribution in [0.3, 0.4) is 0 Å². The van der Waals surface area contributed by atoms with Gasteiger partial charge >= 0.3 is 12.1 Å². The van der Waals surface area contributed by atoms with E-state index in [2.05, 4.69) is 38.7 Å². The van der Waals surface area contributed by atoms with E-state index in [4.69, 9.17) is 0 Å². The molecule has 1 saturated carbocycles. The molecule has 2 aromatic rings. The summed E-state index contributed by atoms with van der Waals surface area (Å²) in [6.07, 6.45) is 5.49. The lowest BCUT2D eigenvalue weighted by molar-refractivity contribution is -0.144. The Labute approximate surface area is 321 Å². The summed E-state index contributed by atoms with van der Waals surface area (Å²) in [5.74, 6) is -0.591. The maximum atomic E-state index is 14.3. The fraction of sp³-hybridized carbons (Fsp3) is 0.550. The molecule has 1 aliphatic carbocycles. The van der Waals surface area contributed by atoms with Crippen LogP contribution in [0.2, 0.25) is 0 Å². The summed E-state index contributed by atoms with van der Waals surface area (Å²) in [5.41, 5.74) is 2.22. The monoisotopic (exact) mass is 755 g/mol. The minimum Gasteiger partial charge on any atom is -0.351 e. The number of rotatable bonds is 8. The molecule has 15 heteroatoms. The molecule has 4 aliphatic heterocycles. The van der Waals surface area contributed by atoms with Crippen LogP contribution in [0, 0.1) is 0 Å². The predicted octanol–water partition coefficient (Wildman–Crippen LogP) is 2.67. The first kappa shape index (κ1) is 38.1. The molecule has 5 aliphatic rings. The summed E-state index contributed by atoms with van der Waals surface area (Å²) in [4.78, 5) is 87.4. The number of likely N-dealkylation sites (N-methyl/N-ethyl adjacent to an activating group) is 1. The van der Waals surface area contributed by atoms with E-state index >= 15 is 0 Å². The quantitative estimate of drug-likeness (QED) is 0.275. The van der Waals surface area contributed by atoms with Crippen molar-refractivity contribution in [3.05, 3.63) is 60.2 Å². The van der Waals surface area contributed by atoms with Crippen molar-refractivity contribution in [3.63, 3.8) is 0 Å². The van der Waals surface area contributed by atoms with Crippen molar-refractivity contribution in [3.8, 4) is 0 Å². The van der Waals surface area contributed by atoms with Crippen LogP contribution in [0.1, 0.15) is 69.8 Å². The number of amides is 8. The molecule has 5 N–H and O–H groups in total. The van der Waals surface area contributed by atoms with Gasteiger partial charge in [0.25, 0.3) is 0 Å². The molecule has 0 radical (unpaired) electrons. The number of anilines is 2. The SMILES string of the molecule is CN[C@@H](C)C(=O)N[C@H]1CN(C(=O)Nc2ccc(NC(=O)N3CCC(=O)N4CCCC4CC3)cc2)CC[C@H]2CC[C@@H](C(=O)N[C@H]3C[C@H]3c3ccccc3)N2C1=O. The van der Waals surface area contributed by atoms with Gasteiger partial charge in [-0.2, -0.15) is 0 Å². The van der Waals surface area contributed by atoms with E-state index in [-0.39, 0.29) is 60.2 Å².